The predicted octanol–water partition coefficient (Wildman–Crippen LogP) is 3.22. The molecule has 0 aliphatic rings. The monoisotopic (exact) mass is 551 g/mol. The van der Waals surface area contributed by atoms with Gasteiger partial charge in [0.25, 0.3) is 11.5 Å². The Morgan fingerprint density at radius 1 is 1.03 bits per heavy atom. The van der Waals surface area contributed by atoms with Crippen molar-refractivity contribution in [3.8, 4) is 5.69 Å². The minimum absolute atomic E-state index is 0.114. The van der Waals surface area contributed by atoms with Crippen molar-refractivity contribution in [3.63, 3.8) is 0 Å². The Morgan fingerprint density at radius 2 is 1.74 bits per heavy atom. The maximum Gasteiger partial charge on any atom is 0.352 e. The molecule has 0 saturated heterocycles. The van der Waals surface area contributed by atoms with E-state index in [-0.39, 0.29) is 16.3 Å². The first kappa shape index (κ1) is 27.0. The lowest BCUT2D eigenvalue weighted by atomic mass is 10.0. The number of rotatable bonds is 9. The maximum atomic E-state index is 13.3. The van der Waals surface area contributed by atoms with Crippen LogP contribution < -0.4 is 16.6 Å². The Morgan fingerprint density at radius 3 is 2.45 bits per heavy atom. The molecule has 1 aromatic heterocycles. The quantitative estimate of drug-likeness (QED) is 0.309. The first-order chi connectivity index (χ1) is 18.2. The lowest BCUT2D eigenvalue weighted by molar-refractivity contribution is 0.0261. The summed E-state index contributed by atoms with van der Waals surface area (Å²) in [5.41, 5.74) is -1.97. The van der Waals surface area contributed by atoms with Gasteiger partial charge in [-0.2, -0.15) is 9.78 Å². The first-order valence-electron chi connectivity index (χ1n) is 11.5. The van der Waals surface area contributed by atoms with Crippen LogP contribution in [0.2, 0.25) is 10.0 Å². The summed E-state index contributed by atoms with van der Waals surface area (Å²) in [5.74, 6) is -0.459. The number of carbonyl (C=O) groups excluding carboxylic acids is 1. The van der Waals surface area contributed by atoms with Crippen LogP contribution in [0.3, 0.4) is 0 Å². The average Bonchev–Trinajstić information content (AvgIpc) is 2.93. The third kappa shape index (κ3) is 5.75. The summed E-state index contributed by atoms with van der Waals surface area (Å²) in [6, 6.07) is 20.0. The molecule has 194 valence electrons. The zero-order valence-electron chi connectivity index (χ0n) is 20.1. The smallest absolute Gasteiger partial charge is 0.352 e. The van der Waals surface area contributed by atoms with Gasteiger partial charge in [-0.25, -0.2) is 4.79 Å². The van der Waals surface area contributed by atoms with E-state index in [0.29, 0.717) is 23.6 Å². The van der Waals surface area contributed by atoms with Crippen LogP contribution in [0.1, 0.15) is 21.5 Å². The number of aliphatic imine (C=N–C) groups is 1. The third-order valence-electron chi connectivity index (χ3n) is 5.91. The van der Waals surface area contributed by atoms with Crippen LogP contribution in [0.4, 0.5) is 0 Å². The number of aliphatic hydroxyl groups is 1. The van der Waals surface area contributed by atoms with Gasteiger partial charge in [0, 0.05) is 17.1 Å². The molecule has 0 saturated carbocycles. The molecular formula is C27H23Cl2N5O4. The first-order valence-corrected chi connectivity index (χ1v) is 12.3. The van der Waals surface area contributed by atoms with Crippen LogP contribution in [0.25, 0.3) is 5.69 Å². The van der Waals surface area contributed by atoms with Gasteiger partial charge in [-0.05, 0) is 43.0 Å². The number of nitrogens with one attached hydrogen (secondary N) is 1. The summed E-state index contributed by atoms with van der Waals surface area (Å²) in [5, 5.41) is 18.5. The standard InChI is InChI=1S/C27H23Cl2N5O4/c1-30-27(38,19-8-3-2-4-9-19)17-33-24(35)16-32-34(26(33)37)20-11-12-23(29)21(15-20)25(36)31-14-13-18-7-5-6-10-22(18)28/h2-12,15-16,38H,1,13-14,17H2,(H,31,36)/t27-/m1/s1. The number of hydrogen-bond donors (Lipinski definition) is 2. The molecule has 0 bridgehead atoms. The van der Waals surface area contributed by atoms with E-state index in [9.17, 15) is 19.5 Å². The van der Waals surface area contributed by atoms with Crippen molar-refractivity contribution in [2.24, 2.45) is 4.99 Å². The van der Waals surface area contributed by atoms with Crippen molar-refractivity contribution in [1.29, 1.82) is 0 Å². The molecule has 1 atom stereocenters. The Balaban J connectivity index is 1.61. The molecule has 4 aromatic rings. The fourth-order valence-electron chi connectivity index (χ4n) is 3.84. The second-order valence-corrected chi connectivity index (χ2v) is 9.18. The minimum atomic E-state index is -1.93. The summed E-state index contributed by atoms with van der Waals surface area (Å²) in [6.45, 7) is 3.24. The van der Waals surface area contributed by atoms with E-state index in [0.717, 1.165) is 21.0 Å². The molecule has 1 amide bonds. The number of carbonyl (C=O) groups is 1. The highest BCUT2D eigenvalue weighted by molar-refractivity contribution is 6.34. The van der Waals surface area contributed by atoms with Crippen molar-refractivity contribution in [2.75, 3.05) is 6.54 Å². The summed E-state index contributed by atoms with van der Waals surface area (Å²) in [4.78, 5) is 42.5. The summed E-state index contributed by atoms with van der Waals surface area (Å²) in [6.07, 6.45) is 1.45. The van der Waals surface area contributed by atoms with Crippen LogP contribution in [0.5, 0.6) is 0 Å². The van der Waals surface area contributed by atoms with Gasteiger partial charge < -0.3 is 10.4 Å². The van der Waals surface area contributed by atoms with Crippen LogP contribution in [0.15, 0.2) is 93.6 Å². The number of nitrogens with zero attached hydrogens (tertiary/aromatic N) is 4. The number of halogens is 2. The molecule has 38 heavy (non-hydrogen) atoms. The van der Waals surface area contributed by atoms with Gasteiger partial charge in [-0.1, -0.05) is 71.7 Å². The second-order valence-electron chi connectivity index (χ2n) is 8.37. The average molecular weight is 552 g/mol. The van der Waals surface area contributed by atoms with Crippen LogP contribution >= 0.6 is 23.2 Å². The molecule has 0 radical (unpaired) electrons. The highest BCUT2D eigenvalue weighted by atomic mass is 35.5. The van der Waals surface area contributed by atoms with E-state index in [1.54, 1.807) is 36.4 Å². The third-order valence-corrected chi connectivity index (χ3v) is 6.61. The van der Waals surface area contributed by atoms with Crippen LogP contribution in [0, 0.1) is 0 Å². The molecule has 0 aliphatic carbocycles. The summed E-state index contributed by atoms with van der Waals surface area (Å²) in [7, 11) is 0. The van der Waals surface area contributed by atoms with Crippen molar-refractivity contribution < 1.29 is 9.90 Å². The SMILES string of the molecule is C=N[C@@](O)(Cn1c(=O)cnn(-c2ccc(Cl)c(C(=O)NCCc3ccccc3Cl)c2)c1=O)c1ccccc1. The topological polar surface area (TPSA) is 119 Å². The van der Waals surface area contributed by atoms with E-state index in [1.165, 1.54) is 18.2 Å². The fourth-order valence-corrected chi connectivity index (χ4v) is 4.28. The van der Waals surface area contributed by atoms with Gasteiger partial charge in [0.05, 0.1) is 22.8 Å². The van der Waals surface area contributed by atoms with Crippen molar-refractivity contribution >= 4 is 35.8 Å². The van der Waals surface area contributed by atoms with Crippen molar-refractivity contribution in [1.82, 2.24) is 19.7 Å². The Bertz CT molecular complexity index is 1600. The minimum Gasteiger partial charge on any atom is -0.364 e. The molecule has 9 nitrogen and oxygen atoms in total. The molecule has 0 spiro atoms. The number of aromatic nitrogens is 3. The van der Waals surface area contributed by atoms with Crippen molar-refractivity contribution in [2.45, 2.75) is 18.7 Å². The van der Waals surface area contributed by atoms with Gasteiger partial charge >= 0.3 is 5.69 Å². The largest absolute Gasteiger partial charge is 0.364 e. The van der Waals surface area contributed by atoms with E-state index < -0.39 is 29.4 Å². The van der Waals surface area contributed by atoms with Crippen LogP contribution in [-0.4, -0.2) is 38.6 Å². The Kier molecular flexibility index (Phi) is 8.21. The number of amides is 1. The highest BCUT2D eigenvalue weighted by Gasteiger charge is 2.30. The number of hydrogen-bond acceptors (Lipinski definition) is 6. The molecule has 0 unspecified atom stereocenters. The van der Waals surface area contributed by atoms with E-state index in [1.807, 2.05) is 18.2 Å². The molecule has 2 N–H and O–H groups in total. The molecule has 3 aromatic carbocycles. The van der Waals surface area contributed by atoms with Gasteiger partial charge in [0.1, 0.15) is 6.20 Å². The molecule has 11 heteroatoms. The normalized spacial score (nSPS) is 12.5. The van der Waals surface area contributed by atoms with Gasteiger partial charge in [-0.15, -0.1) is 0 Å². The Hall–Kier alpha value is -4.05. The lowest BCUT2D eigenvalue weighted by Crippen LogP contribution is -2.45. The Labute approximate surface area is 227 Å². The van der Waals surface area contributed by atoms with Gasteiger partial charge in [0.2, 0.25) is 0 Å². The molecule has 0 fully saturated rings. The fraction of sp³-hybridized carbons (Fsp3) is 0.148. The summed E-state index contributed by atoms with van der Waals surface area (Å²) < 4.78 is 1.74. The zero-order valence-corrected chi connectivity index (χ0v) is 21.6. The second kappa shape index (κ2) is 11.6. The van der Waals surface area contributed by atoms with Gasteiger partial charge in [0.15, 0.2) is 5.72 Å². The highest BCUT2D eigenvalue weighted by Crippen LogP contribution is 2.24. The lowest BCUT2D eigenvalue weighted by Gasteiger charge is -2.24. The van der Waals surface area contributed by atoms with Crippen LogP contribution in [-0.2, 0) is 18.7 Å². The van der Waals surface area contributed by atoms with Crippen molar-refractivity contribution in [3.05, 3.63) is 127 Å². The predicted molar refractivity (Wildman–Crippen MR) is 146 cm³/mol. The molecule has 0 aliphatic heterocycles. The molecule has 1 heterocycles. The molecular weight excluding hydrogens is 529 g/mol. The molecule has 4 rings (SSSR count). The van der Waals surface area contributed by atoms with E-state index in [2.05, 4.69) is 22.1 Å². The maximum absolute atomic E-state index is 13.3. The van der Waals surface area contributed by atoms with Gasteiger partial charge in [-0.3, -0.25) is 19.1 Å². The van der Waals surface area contributed by atoms with E-state index in [4.69, 9.17) is 23.2 Å². The zero-order chi connectivity index (χ0) is 27.3. The number of benzene rings is 3. The van der Waals surface area contributed by atoms with E-state index >= 15 is 0 Å². The summed E-state index contributed by atoms with van der Waals surface area (Å²) >= 11 is 12.4.